The molecule has 7 nitrogen and oxygen atoms in total. The molecule has 0 saturated carbocycles. The van der Waals surface area contributed by atoms with Crippen molar-refractivity contribution in [1.82, 2.24) is 14.8 Å². The van der Waals surface area contributed by atoms with E-state index in [2.05, 4.69) is 15.4 Å². The lowest BCUT2D eigenvalue weighted by atomic mass is 10.2. The molecule has 1 amide bonds. The van der Waals surface area contributed by atoms with E-state index in [4.69, 9.17) is 0 Å². The molecule has 1 aliphatic rings. The highest BCUT2D eigenvalue weighted by atomic mass is 19.2. The van der Waals surface area contributed by atoms with E-state index in [9.17, 15) is 18.0 Å². The van der Waals surface area contributed by atoms with Crippen LogP contribution in [-0.4, -0.2) is 40.8 Å². The zero-order valence-electron chi connectivity index (χ0n) is 17.1. The molecular formula is C21H21F3N6O. The molecule has 0 saturated heterocycles. The molecule has 0 spiro atoms. The van der Waals surface area contributed by atoms with E-state index in [-0.39, 0.29) is 18.0 Å². The minimum atomic E-state index is -1.48. The van der Waals surface area contributed by atoms with Gasteiger partial charge in [-0.05, 0) is 24.6 Å². The van der Waals surface area contributed by atoms with Crippen molar-refractivity contribution >= 4 is 23.1 Å². The van der Waals surface area contributed by atoms with Crippen LogP contribution in [0.4, 0.5) is 30.4 Å². The van der Waals surface area contributed by atoms with Gasteiger partial charge < -0.3 is 15.1 Å². The summed E-state index contributed by atoms with van der Waals surface area (Å²) in [4.78, 5) is 20.1. The Morgan fingerprint density at radius 1 is 1.06 bits per heavy atom. The van der Waals surface area contributed by atoms with Crippen molar-refractivity contribution in [1.29, 1.82) is 0 Å². The maximum Gasteiger partial charge on any atom is 0.246 e. The fraction of sp³-hybridized carbons (Fsp3) is 0.286. The smallest absolute Gasteiger partial charge is 0.246 e. The first-order valence-electron chi connectivity index (χ1n) is 9.76. The fourth-order valence-corrected chi connectivity index (χ4v) is 3.57. The highest BCUT2D eigenvalue weighted by molar-refractivity contribution is 6.03. The number of anilines is 3. The van der Waals surface area contributed by atoms with Crippen LogP contribution in [-0.2, 0) is 17.9 Å². The van der Waals surface area contributed by atoms with Crippen LogP contribution in [0.5, 0.6) is 0 Å². The average molecular weight is 430 g/mol. The first-order chi connectivity index (χ1) is 14.9. The number of rotatable bonds is 6. The molecule has 0 aliphatic carbocycles. The molecule has 4 rings (SSSR count). The summed E-state index contributed by atoms with van der Waals surface area (Å²) in [6.07, 6.45) is 5.04. The lowest BCUT2D eigenvalue weighted by Crippen LogP contribution is -2.44. The molecule has 0 bridgehead atoms. The summed E-state index contributed by atoms with van der Waals surface area (Å²) in [6, 6.07) is 3.80. The van der Waals surface area contributed by atoms with E-state index in [1.165, 1.54) is 4.68 Å². The molecule has 2 aromatic heterocycles. The van der Waals surface area contributed by atoms with Gasteiger partial charge in [-0.15, -0.1) is 0 Å². The summed E-state index contributed by atoms with van der Waals surface area (Å²) < 4.78 is 41.4. The van der Waals surface area contributed by atoms with Gasteiger partial charge in [-0.3, -0.25) is 9.48 Å². The number of carbonyl (C=O) groups is 1. The molecule has 0 atom stereocenters. The molecule has 1 aliphatic heterocycles. The Balaban J connectivity index is 1.43. The second-order valence-corrected chi connectivity index (χ2v) is 7.33. The van der Waals surface area contributed by atoms with E-state index in [0.717, 1.165) is 29.1 Å². The van der Waals surface area contributed by atoms with Gasteiger partial charge >= 0.3 is 0 Å². The van der Waals surface area contributed by atoms with Crippen molar-refractivity contribution in [2.45, 2.75) is 20.0 Å². The molecule has 10 heteroatoms. The van der Waals surface area contributed by atoms with E-state index in [1.54, 1.807) is 23.5 Å². The predicted molar refractivity (Wildman–Crippen MR) is 111 cm³/mol. The van der Waals surface area contributed by atoms with Crippen LogP contribution in [0.1, 0.15) is 18.1 Å². The third kappa shape index (κ3) is 4.18. The normalized spacial score (nSPS) is 13.5. The Morgan fingerprint density at radius 3 is 2.52 bits per heavy atom. The number of nitrogens with one attached hydrogen (secondary N) is 1. The number of pyridine rings is 1. The van der Waals surface area contributed by atoms with Crippen molar-refractivity contribution < 1.29 is 18.0 Å². The van der Waals surface area contributed by atoms with E-state index in [1.807, 2.05) is 24.9 Å². The Labute approximate surface area is 177 Å². The lowest BCUT2D eigenvalue weighted by Gasteiger charge is -2.34. The maximum atomic E-state index is 13.4. The maximum absolute atomic E-state index is 13.4. The zero-order valence-corrected chi connectivity index (χ0v) is 17.1. The number of hydrogen-bond donors (Lipinski definition) is 1. The van der Waals surface area contributed by atoms with Crippen molar-refractivity contribution in [3.63, 3.8) is 0 Å². The summed E-state index contributed by atoms with van der Waals surface area (Å²) in [5, 5.41) is 7.40. The molecule has 3 heterocycles. The standard InChI is InChI=1S/C21H21F3N6O/c1-3-30-18-9-26-19(6-17(18)28(2)12-20(30)31)25-7-14-8-27-29(11-14)10-13-4-15(22)21(24)16(23)5-13/h4-6,8-9,11H,3,7,10,12H2,1-2H3,(H,25,26). The highest BCUT2D eigenvalue weighted by Gasteiger charge is 2.26. The number of halogens is 3. The van der Waals surface area contributed by atoms with Gasteiger partial charge in [-0.25, -0.2) is 18.2 Å². The number of benzene rings is 1. The summed E-state index contributed by atoms with van der Waals surface area (Å²) in [5.74, 6) is -3.25. The quantitative estimate of drug-likeness (QED) is 0.609. The van der Waals surface area contributed by atoms with Gasteiger partial charge in [0.25, 0.3) is 0 Å². The van der Waals surface area contributed by atoms with E-state index in [0.29, 0.717) is 25.5 Å². The van der Waals surface area contributed by atoms with Crippen LogP contribution < -0.4 is 15.1 Å². The van der Waals surface area contributed by atoms with Crippen LogP contribution in [0.2, 0.25) is 0 Å². The lowest BCUT2D eigenvalue weighted by molar-refractivity contribution is -0.117. The first-order valence-corrected chi connectivity index (χ1v) is 9.76. The molecule has 162 valence electrons. The Hall–Kier alpha value is -3.56. The van der Waals surface area contributed by atoms with Gasteiger partial charge in [-0.1, -0.05) is 0 Å². The minimum absolute atomic E-state index is 0.0355. The second kappa shape index (κ2) is 8.29. The highest BCUT2D eigenvalue weighted by Crippen LogP contribution is 2.33. The van der Waals surface area contributed by atoms with Crippen molar-refractivity contribution in [3.05, 3.63) is 65.4 Å². The van der Waals surface area contributed by atoms with Crippen LogP contribution in [0.25, 0.3) is 0 Å². The van der Waals surface area contributed by atoms with Gasteiger partial charge in [0.1, 0.15) is 5.82 Å². The molecule has 0 unspecified atom stereocenters. The van der Waals surface area contributed by atoms with Crippen LogP contribution >= 0.6 is 0 Å². The molecule has 31 heavy (non-hydrogen) atoms. The molecular weight excluding hydrogens is 409 g/mol. The topological polar surface area (TPSA) is 66.3 Å². The van der Waals surface area contributed by atoms with Gasteiger partial charge in [0.2, 0.25) is 5.91 Å². The average Bonchev–Trinajstić information content (AvgIpc) is 3.18. The zero-order chi connectivity index (χ0) is 22.1. The summed E-state index contributed by atoms with van der Waals surface area (Å²) >= 11 is 0. The Morgan fingerprint density at radius 2 is 1.81 bits per heavy atom. The van der Waals surface area contributed by atoms with Crippen LogP contribution in [0.15, 0.2) is 36.8 Å². The van der Waals surface area contributed by atoms with Crippen molar-refractivity contribution in [2.75, 3.05) is 35.3 Å². The number of hydrogen-bond acceptors (Lipinski definition) is 5. The van der Waals surface area contributed by atoms with E-state index < -0.39 is 17.5 Å². The van der Waals surface area contributed by atoms with Crippen molar-refractivity contribution in [3.8, 4) is 0 Å². The number of likely N-dealkylation sites (N-methyl/N-ethyl adjacent to an activating group) is 2. The molecule has 3 aromatic rings. The number of amides is 1. The third-order valence-corrected chi connectivity index (χ3v) is 5.10. The van der Waals surface area contributed by atoms with Gasteiger partial charge in [0, 0.05) is 38.0 Å². The number of aromatic nitrogens is 3. The third-order valence-electron chi connectivity index (χ3n) is 5.10. The molecule has 1 N–H and O–H groups in total. The van der Waals surface area contributed by atoms with Crippen LogP contribution in [0, 0.1) is 17.5 Å². The molecule has 1 aromatic carbocycles. The molecule has 0 fully saturated rings. The van der Waals surface area contributed by atoms with Gasteiger partial charge in [0.05, 0.1) is 36.9 Å². The van der Waals surface area contributed by atoms with Crippen molar-refractivity contribution in [2.24, 2.45) is 0 Å². The minimum Gasteiger partial charge on any atom is -0.366 e. The fourth-order valence-electron chi connectivity index (χ4n) is 3.57. The summed E-state index contributed by atoms with van der Waals surface area (Å²) in [5.41, 5.74) is 2.79. The Bertz CT molecular complexity index is 1110. The van der Waals surface area contributed by atoms with Crippen LogP contribution in [0.3, 0.4) is 0 Å². The predicted octanol–water partition coefficient (Wildman–Crippen LogP) is 3.16. The monoisotopic (exact) mass is 430 g/mol. The number of nitrogens with zero attached hydrogens (tertiary/aromatic N) is 5. The summed E-state index contributed by atoms with van der Waals surface area (Å²) in [6.45, 7) is 3.34. The first kappa shape index (κ1) is 20.7. The number of carbonyl (C=O) groups excluding carboxylic acids is 1. The van der Waals surface area contributed by atoms with Gasteiger partial charge in [-0.2, -0.15) is 5.10 Å². The van der Waals surface area contributed by atoms with Gasteiger partial charge in [0.15, 0.2) is 17.5 Å². The summed E-state index contributed by atoms with van der Waals surface area (Å²) in [7, 11) is 1.86. The largest absolute Gasteiger partial charge is 0.366 e. The number of fused-ring (bicyclic) bond motifs is 1. The SMILES string of the molecule is CCN1C(=O)CN(C)c2cc(NCc3cnn(Cc4cc(F)c(F)c(F)c4)c3)ncc21. The second-order valence-electron chi connectivity index (χ2n) is 7.33. The van der Waals surface area contributed by atoms with E-state index >= 15 is 0 Å². The molecule has 0 radical (unpaired) electrons. The Kier molecular flexibility index (Phi) is 5.53.